The molecule has 1 saturated heterocycles. The van der Waals surface area contributed by atoms with Crippen molar-refractivity contribution in [1.29, 1.82) is 0 Å². The fourth-order valence-electron chi connectivity index (χ4n) is 2.45. The molecule has 1 amide bonds. The maximum atomic E-state index is 11.1. The van der Waals surface area contributed by atoms with Crippen LogP contribution in [0.4, 0.5) is 0 Å². The first-order valence-corrected chi connectivity index (χ1v) is 9.51. The van der Waals surface area contributed by atoms with E-state index in [1.807, 2.05) is 37.3 Å². The standard InChI is InChI=1S/C19H18ClN3O3S/c1-12-7-15(20)4-6-16(12)26-10-14-8-13(3-5-17(14)25-2)9-21-23-19-22-18(24)11-27-19/h3-9H,10-11H2,1-2H3,(H,22,23,24). The van der Waals surface area contributed by atoms with Gasteiger partial charge in [0.1, 0.15) is 18.1 Å². The normalized spacial score (nSPS) is 15.4. The minimum Gasteiger partial charge on any atom is -0.496 e. The monoisotopic (exact) mass is 403 g/mol. The van der Waals surface area contributed by atoms with Gasteiger partial charge in [0.25, 0.3) is 0 Å². The van der Waals surface area contributed by atoms with Gasteiger partial charge >= 0.3 is 0 Å². The van der Waals surface area contributed by atoms with E-state index < -0.39 is 0 Å². The van der Waals surface area contributed by atoms with Gasteiger partial charge in [-0.15, -0.1) is 5.10 Å². The van der Waals surface area contributed by atoms with E-state index in [1.54, 1.807) is 19.4 Å². The second-order valence-corrected chi connectivity index (χ2v) is 7.16. The summed E-state index contributed by atoms with van der Waals surface area (Å²) in [5.41, 5.74) is 2.69. The van der Waals surface area contributed by atoms with E-state index in [0.29, 0.717) is 22.6 Å². The number of thioether (sulfide) groups is 1. The molecule has 0 radical (unpaired) electrons. The number of carbonyl (C=O) groups is 1. The fourth-order valence-corrected chi connectivity index (χ4v) is 3.31. The molecule has 27 heavy (non-hydrogen) atoms. The maximum Gasteiger partial charge on any atom is 0.236 e. The van der Waals surface area contributed by atoms with Crippen molar-refractivity contribution in [1.82, 2.24) is 5.32 Å². The third-order valence-corrected chi connectivity index (χ3v) is 4.87. The molecular weight excluding hydrogens is 386 g/mol. The summed E-state index contributed by atoms with van der Waals surface area (Å²) in [4.78, 5) is 11.1. The molecule has 2 aromatic rings. The number of nitrogens with one attached hydrogen (secondary N) is 1. The number of benzene rings is 2. The quantitative estimate of drug-likeness (QED) is 0.588. The molecule has 1 aliphatic rings. The molecule has 0 spiro atoms. The van der Waals surface area contributed by atoms with Crippen LogP contribution in [0, 0.1) is 6.92 Å². The van der Waals surface area contributed by atoms with E-state index in [2.05, 4.69) is 15.5 Å². The van der Waals surface area contributed by atoms with E-state index in [4.69, 9.17) is 21.1 Å². The maximum absolute atomic E-state index is 11.1. The van der Waals surface area contributed by atoms with E-state index in [0.717, 1.165) is 28.2 Å². The fraction of sp³-hybridized carbons (Fsp3) is 0.211. The highest BCUT2D eigenvalue weighted by Crippen LogP contribution is 2.25. The number of methoxy groups -OCH3 is 1. The van der Waals surface area contributed by atoms with Crippen LogP contribution in [0.2, 0.25) is 5.02 Å². The van der Waals surface area contributed by atoms with Crippen LogP contribution < -0.4 is 14.8 Å². The average molecular weight is 404 g/mol. The van der Waals surface area contributed by atoms with Crippen LogP contribution in [-0.2, 0) is 11.4 Å². The SMILES string of the molecule is COc1ccc(C=NN=C2NC(=O)CS2)cc1COc1ccc(Cl)cc1C. The minimum absolute atomic E-state index is 0.0599. The molecule has 1 N–H and O–H groups in total. The highest BCUT2D eigenvalue weighted by atomic mass is 35.5. The van der Waals surface area contributed by atoms with Crippen molar-refractivity contribution in [3.05, 3.63) is 58.1 Å². The van der Waals surface area contributed by atoms with E-state index >= 15 is 0 Å². The highest BCUT2D eigenvalue weighted by Gasteiger charge is 2.16. The van der Waals surface area contributed by atoms with Crippen LogP contribution >= 0.6 is 23.4 Å². The third kappa shape index (κ3) is 5.24. The Bertz CT molecular complexity index is 915. The lowest BCUT2D eigenvalue weighted by Crippen LogP contribution is -2.19. The average Bonchev–Trinajstić information content (AvgIpc) is 3.06. The van der Waals surface area contributed by atoms with Crippen molar-refractivity contribution >= 4 is 40.7 Å². The lowest BCUT2D eigenvalue weighted by molar-refractivity contribution is -0.116. The molecule has 0 aliphatic carbocycles. The molecule has 1 heterocycles. The van der Waals surface area contributed by atoms with Crippen LogP contribution in [0.15, 0.2) is 46.6 Å². The van der Waals surface area contributed by atoms with Crippen LogP contribution in [0.25, 0.3) is 0 Å². The molecule has 8 heteroatoms. The summed E-state index contributed by atoms with van der Waals surface area (Å²) in [6.45, 7) is 2.29. The van der Waals surface area contributed by atoms with E-state index in [1.165, 1.54) is 11.8 Å². The predicted molar refractivity (Wildman–Crippen MR) is 109 cm³/mol. The van der Waals surface area contributed by atoms with Crippen molar-refractivity contribution in [3.63, 3.8) is 0 Å². The third-order valence-electron chi connectivity index (χ3n) is 3.77. The Balaban J connectivity index is 1.72. The van der Waals surface area contributed by atoms with Gasteiger partial charge in [0, 0.05) is 10.6 Å². The Kier molecular flexibility index (Phi) is 6.36. The van der Waals surface area contributed by atoms with Gasteiger partial charge in [0.2, 0.25) is 5.91 Å². The van der Waals surface area contributed by atoms with Gasteiger partial charge in [-0.25, -0.2) is 0 Å². The minimum atomic E-state index is -0.0599. The Labute approximate surface area is 166 Å². The predicted octanol–water partition coefficient (Wildman–Crippen LogP) is 3.79. The summed E-state index contributed by atoms with van der Waals surface area (Å²) in [6, 6.07) is 11.2. The topological polar surface area (TPSA) is 72.3 Å². The molecule has 1 fully saturated rings. The molecule has 1 aliphatic heterocycles. The Morgan fingerprint density at radius 1 is 1.26 bits per heavy atom. The summed E-state index contributed by atoms with van der Waals surface area (Å²) in [7, 11) is 1.62. The smallest absolute Gasteiger partial charge is 0.236 e. The van der Waals surface area contributed by atoms with E-state index in [-0.39, 0.29) is 5.91 Å². The largest absolute Gasteiger partial charge is 0.496 e. The van der Waals surface area contributed by atoms with Crippen LogP contribution in [0.1, 0.15) is 16.7 Å². The Hall–Kier alpha value is -2.51. The Morgan fingerprint density at radius 2 is 2.07 bits per heavy atom. The molecule has 0 saturated carbocycles. The summed E-state index contributed by atoms with van der Waals surface area (Å²) in [5.74, 6) is 1.81. The van der Waals surface area contributed by atoms with Crippen molar-refractivity contribution in [3.8, 4) is 11.5 Å². The molecule has 140 valence electrons. The van der Waals surface area contributed by atoms with Crippen molar-refractivity contribution in [2.45, 2.75) is 13.5 Å². The molecule has 0 atom stereocenters. The van der Waals surface area contributed by atoms with Gasteiger partial charge < -0.3 is 14.8 Å². The lowest BCUT2D eigenvalue weighted by Gasteiger charge is -2.12. The van der Waals surface area contributed by atoms with Gasteiger partial charge in [0.05, 0.1) is 19.1 Å². The summed E-state index contributed by atoms with van der Waals surface area (Å²) in [6.07, 6.45) is 1.62. The highest BCUT2D eigenvalue weighted by molar-refractivity contribution is 8.15. The number of amides is 1. The number of hydrogen-bond acceptors (Lipinski definition) is 6. The molecular formula is C19H18ClN3O3S. The first kappa shape index (κ1) is 19.3. The Morgan fingerprint density at radius 3 is 2.78 bits per heavy atom. The van der Waals surface area contributed by atoms with Gasteiger partial charge in [-0.2, -0.15) is 5.10 Å². The van der Waals surface area contributed by atoms with Gasteiger partial charge in [0.15, 0.2) is 5.17 Å². The summed E-state index contributed by atoms with van der Waals surface area (Å²) < 4.78 is 11.3. The zero-order chi connectivity index (χ0) is 19.2. The number of hydrogen-bond donors (Lipinski definition) is 1. The number of nitrogens with zero attached hydrogens (tertiary/aromatic N) is 2. The number of amidine groups is 1. The molecule has 3 rings (SSSR count). The molecule has 0 bridgehead atoms. The zero-order valence-electron chi connectivity index (χ0n) is 14.9. The molecule has 2 aromatic carbocycles. The van der Waals surface area contributed by atoms with Gasteiger partial charge in [-0.3, -0.25) is 4.79 Å². The molecule has 0 unspecified atom stereocenters. The number of aryl methyl sites for hydroxylation is 1. The number of halogens is 1. The van der Waals surface area contributed by atoms with Crippen LogP contribution in [0.5, 0.6) is 11.5 Å². The molecule has 0 aromatic heterocycles. The van der Waals surface area contributed by atoms with Crippen LogP contribution in [-0.4, -0.2) is 30.2 Å². The zero-order valence-corrected chi connectivity index (χ0v) is 16.4. The number of ether oxygens (including phenoxy) is 2. The molecule has 6 nitrogen and oxygen atoms in total. The van der Waals surface area contributed by atoms with Crippen LogP contribution in [0.3, 0.4) is 0 Å². The van der Waals surface area contributed by atoms with Gasteiger partial charge in [-0.1, -0.05) is 23.4 Å². The first-order chi connectivity index (χ1) is 13.0. The first-order valence-electron chi connectivity index (χ1n) is 8.14. The lowest BCUT2D eigenvalue weighted by atomic mass is 10.1. The summed E-state index contributed by atoms with van der Waals surface area (Å²) >= 11 is 7.31. The second-order valence-electron chi connectivity index (χ2n) is 5.76. The second kappa shape index (κ2) is 8.92. The van der Waals surface area contributed by atoms with Crippen molar-refractivity contribution in [2.24, 2.45) is 10.2 Å². The van der Waals surface area contributed by atoms with Crippen molar-refractivity contribution in [2.75, 3.05) is 12.9 Å². The van der Waals surface area contributed by atoms with Crippen molar-refractivity contribution < 1.29 is 14.3 Å². The number of rotatable bonds is 6. The van der Waals surface area contributed by atoms with Gasteiger partial charge in [-0.05, 0) is 54.4 Å². The number of carbonyl (C=O) groups excluding carboxylic acids is 1. The van der Waals surface area contributed by atoms with E-state index in [9.17, 15) is 4.79 Å². The summed E-state index contributed by atoms with van der Waals surface area (Å²) in [5, 5.41) is 11.8.